The summed E-state index contributed by atoms with van der Waals surface area (Å²) in [5.74, 6) is 0.696. The topological polar surface area (TPSA) is 43.6 Å². The molecule has 3 aromatic rings. The molecule has 0 radical (unpaired) electrons. The highest BCUT2D eigenvalue weighted by molar-refractivity contribution is 9.10. The van der Waals surface area contributed by atoms with Crippen molar-refractivity contribution in [2.75, 3.05) is 0 Å². The number of hydrogen-bond acceptors (Lipinski definition) is 3. The minimum atomic E-state index is 0.220. The van der Waals surface area contributed by atoms with E-state index in [0.29, 0.717) is 5.82 Å². The Labute approximate surface area is 123 Å². The lowest BCUT2D eigenvalue weighted by Gasteiger charge is -2.07. The van der Waals surface area contributed by atoms with Crippen LogP contribution in [0, 0.1) is 13.8 Å². The van der Waals surface area contributed by atoms with Crippen LogP contribution in [0.25, 0.3) is 16.7 Å². The van der Waals surface area contributed by atoms with Crippen molar-refractivity contribution in [3.63, 3.8) is 0 Å². The van der Waals surface area contributed by atoms with Crippen molar-refractivity contribution < 1.29 is 0 Å². The zero-order valence-electron chi connectivity index (χ0n) is 10.4. The van der Waals surface area contributed by atoms with E-state index in [1.54, 1.807) is 4.68 Å². The van der Waals surface area contributed by atoms with Crippen LogP contribution in [0.15, 0.2) is 28.7 Å². The van der Waals surface area contributed by atoms with Crippen molar-refractivity contribution in [1.82, 2.24) is 19.7 Å². The lowest BCUT2D eigenvalue weighted by Crippen LogP contribution is -2.04. The molecule has 0 aliphatic rings. The first-order valence-corrected chi connectivity index (χ1v) is 6.89. The number of rotatable bonds is 1. The van der Waals surface area contributed by atoms with Gasteiger partial charge in [0.1, 0.15) is 0 Å². The van der Waals surface area contributed by atoms with Crippen LogP contribution in [0.3, 0.4) is 0 Å². The third kappa shape index (κ3) is 2.03. The lowest BCUT2D eigenvalue weighted by atomic mass is 10.2. The molecule has 2 aromatic heterocycles. The second-order valence-electron chi connectivity index (χ2n) is 4.23. The Bertz CT molecular complexity index is 782. The van der Waals surface area contributed by atoms with Crippen LogP contribution >= 0.6 is 27.5 Å². The third-order valence-electron chi connectivity index (χ3n) is 2.96. The summed E-state index contributed by atoms with van der Waals surface area (Å²) in [7, 11) is 0. The molecule has 0 amide bonds. The molecular formula is C13H10BrClN4. The van der Waals surface area contributed by atoms with Gasteiger partial charge in [-0.2, -0.15) is 10.1 Å². The summed E-state index contributed by atoms with van der Waals surface area (Å²) in [6.45, 7) is 3.92. The Morgan fingerprint density at radius 3 is 2.58 bits per heavy atom. The van der Waals surface area contributed by atoms with Gasteiger partial charge in [-0.15, -0.1) is 0 Å². The van der Waals surface area contributed by atoms with Gasteiger partial charge in [0.2, 0.25) is 5.28 Å². The Morgan fingerprint density at radius 2 is 1.89 bits per heavy atom. The fourth-order valence-corrected chi connectivity index (χ4v) is 2.44. The molecule has 4 nitrogen and oxygen atoms in total. The van der Waals surface area contributed by atoms with Gasteiger partial charge in [0.15, 0.2) is 5.82 Å². The summed E-state index contributed by atoms with van der Waals surface area (Å²) in [4.78, 5) is 8.54. The van der Waals surface area contributed by atoms with Crippen LogP contribution in [0.5, 0.6) is 0 Å². The van der Waals surface area contributed by atoms with E-state index in [1.165, 1.54) is 0 Å². The van der Waals surface area contributed by atoms with Gasteiger partial charge in [-0.05, 0) is 53.5 Å². The van der Waals surface area contributed by atoms with Gasteiger partial charge in [0.25, 0.3) is 0 Å². The molecule has 0 saturated heterocycles. The van der Waals surface area contributed by atoms with Crippen LogP contribution in [-0.2, 0) is 0 Å². The van der Waals surface area contributed by atoms with E-state index >= 15 is 0 Å². The Balaban J connectivity index is 2.38. The SMILES string of the molecule is Cc1nn(-c2nc(Cl)nc3ccccc23)c(C)c1Br. The minimum Gasteiger partial charge on any atom is -0.218 e. The highest BCUT2D eigenvalue weighted by Crippen LogP contribution is 2.26. The van der Waals surface area contributed by atoms with Crippen LogP contribution < -0.4 is 0 Å². The van der Waals surface area contributed by atoms with Gasteiger partial charge in [-0.25, -0.2) is 9.67 Å². The molecule has 0 unspecified atom stereocenters. The summed E-state index contributed by atoms with van der Waals surface area (Å²) in [5, 5.41) is 5.63. The number of para-hydroxylation sites is 1. The fraction of sp³-hybridized carbons (Fsp3) is 0.154. The van der Waals surface area contributed by atoms with Crippen molar-refractivity contribution in [2.45, 2.75) is 13.8 Å². The van der Waals surface area contributed by atoms with E-state index in [4.69, 9.17) is 11.6 Å². The van der Waals surface area contributed by atoms with E-state index in [2.05, 4.69) is 31.0 Å². The maximum Gasteiger partial charge on any atom is 0.224 e. The molecule has 6 heteroatoms. The van der Waals surface area contributed by atoms with Crippen molar-refractivity contribution in [3.05, 3.63) is 45.4 Å². The molecule has 1 aromatic carbocycles. The van der Waals surface area contributed by atoms with Crippen molar-refractivity contribution in [2.24, 2.45) is 0 Å². The van der Waals surface area contributed by atoms with Crippen LogP contribution in [-0.4, -0.2) is 19.7 Å². The smallest absolute Gasteiger partial charge is 0.218 e. The van der Waals surface area contributed by atoms with Gasteiger partial charge in [0.05, 0.1) is 21.4 Å². The molecule has 19 heavy (non-hydrogen) atoms. The zero-order chi connectivity index (χ0) is 13.6. The van der Waals surface area contributed by atoms with E-state index < -0.39 is 0 Å². The number of nitrogens with zero attached hydrogens (tertiary/aromatic N) is 4. The second-order valence-corrected chi connectivity index (χ2v) is 5.36. The molecule has 0 atom stereocenters. The molecule has 3 rings (SSSR count). The van der Waals surface area contributed by atoms with Gasteiger partial charge in [0, 0.05) is 5.39 Å². The molecular weight excluding hydrogens is 328 g/mol. The summed E-state index contributed by atoms with van der Waals surface area (Å²) in [6.07, 6.45) is 0. The normalized spacial score (nSPS) is 11.2. The molecule has 0 bridgehead atoms. The first-order valence-electron chi connectivity index (χ1n) is 5.72. The molecule has 0 N–H and O–H groups in total. The highest BCUT2D eigenvalue weighted by atomic mass is 79.9. The summed E-state index contributed by atoms with van der Waals surface area (Å²) in [5.41, 5.74) is 2.70. The first kappa shape index (κ1) is 12.6. The molecule has 0 spiro atoms. The predicted molar refractivity (Wildman–Crippen MR) is 78.8 cm³/mol. The molecule has 0 aliphatic carbocycles. The third-order valence-corrected chi connectivity index (χ3v) is 4.28. The lowest BCUT2D eigenvalue weighted by molar-refractivity contribution is 0.810. The zero-order valence-corrected chi connectivity index (χ0v) is 12.7. The maximum absolute atomic E-state index is 6.00. The predicted octanol–water partition coefficient (Wildman–Crippen LogP) is 3.85. The number of aromatic nitrogens is 4. The van der Waals surface area contributed by atoms with Gasteiger partial charge < -0.3 is 0 Å². The second kappa shape index (κ2) is 4.58. The number of benzene rings is 1. The van der Waals surface area contributed by atoms with Crippen LogP contribution in [0.2, 0.25) is 5.28 Å². The quantitative estimate of drug-likeness (QED) is 0.634. The van der Waals surface area contributed by atoms with Crippen molar-refractivity contribution in [1.29, 1.82) is 0 Å². The molecule has 96 valence electrons. The highest BCUT2D eigenvalue weighted by Gasteiger charge is 2.15. The standard InChI is InChI=1S/C13H10BrClN4/c1-7-11(14)8(2)19(18-7)12-9-5-3-4-6-10(9)16-13(15)17-12/h3-6H,1-2H3. The molecule has 0 aliphatic heterocycles. The van der Waals surface area contributed by atoms with E-state index in [-0.39, 0.29) is 5.28 Å². The van der Waals surface area contributed by atoms with Gasteiger partial charge in [-0.3, -0.25) is 0 Å². The number of fused-ring (bicyclic) bond motifs is 1. The first-order chi connectivity index (χ1) is 9.08. The average Bonchev–Trinajstić information content (AvgIpc) is 2.65. The summed E-state index contributed by atoms with van der Waals surface area (Å²) in [6, 6.07) is 7.74. The molecule has 2 heterocycles. The Morgan fingerprint density at radius 1 is 1.16 bits per heavy atom. The average molecular weight is 338 g/mol. The maximum atomic E-state index is 6.00. The number of halogens is 2. The summed E-state index contributed by atoms with van der Waals surface area (Å²) >= 11 is 9.52. The van der Waals surface area contributed by atoms with E-state index in [1.807, 2.05) is 38.1 Å². The van der Waals surface area contributed by atoms with E-state index in [9.17, 15) is 0 Å². The Hall–Kier alpha value is -1.46. The minimum absolute atomic E-state index is 0.220. The number of hydrogen-bond donors (Lipinski definition) is 0. The fourth-order valence-electron chi connectivity index (χ4n) is 2.02. The van der Waals surface area contributed by atoms with E-state index in [0.717, 1.165) is 26.8 Å². The van der Waals surface area contributed by atoms with Crippen LogP contribution in [0.4, 0.5) is 0 Å². The van der Waals surface area contributed by atoms with Gasteiger partial charge in [-0.1, -0.05) is 12.1 Å². The monoisotopic (exact) mass is 336 g/mol. The van der Waals surface area contributed by atoms with Gasteiger partial charge >= 0.3 is 0 Å². The summed E-state index contributed by atoms with van der Waals surface area (Å²) < 4.78 is 2.77. The Kier molecular flexibility index (Phi) is 3.03. The van der Waals surface area contributed by atoms with Crippen molar-refractivity contribution in [3.8, 4) is 5.82 Å². The largest absolute Gasteiger partial charge is 0.224 e. The molecule has 0 saturated carbocycles. The van der Waals surface area contributed by atoms with Crippen molar-refractivity contribution >= 4 is 38.4 Å². The molecule has 0 fully saturated rings. The number of aryl methyl sites for hydroxylation is 1. The van der Waals surface area contributed by atoms with Crippen LogP contribution in [0.1, 0.15) is 11.4 Å².